The Balaban J connectivity index is 1.69. The molecule has 4 rings (SSSR count). The molecule has 1 saturated heterocycles. The largest absolute Gasteiger partial charge is 0.385 e. The summed E-state index contributed by atoms with van der Waals surface area (Å²) in [7, 11) is 1.75. The number of anilines is 1. The van der Waals surface area contributed by atoms with E-state index in [2.05, 4.69) is 29.7 Å². The first-order valence-corrected chi connectivity index (χ1v) is 8.02. The number of ether oxygens (including phenoxy) is 1. The number of fused-ring (bicyclic) bond motifs is 1. The zero-order chi connectivity index (χ0) is 14.9. The van der Waals surface area contributed by atoms with Gasteiger partial charge >= 0.3 is 0 Å². The first kappa shape index (κ1) is 13.9. The third-order valence-corrected chi connectivity index (χ3v) is 4.56. The topological polar surface area (TPSA) is 68.1 Å². The van der Waals surface area contributed by atoms with Crippen LogP contribution in [0.1, 0.15) is 25.3 Å². The second kappa shape index (κ2) is 5.81. The minimum atomic E-state index is 0.387. The minimum absolute atomic E-state index is 0.387. The van der Waals surface area contributed by atoms with Gasteiger partial charge < -0.3 is 19.5 Å². The lowest BCUT2D eigenvalue weighted by molar-refractivity contribution is 0.184. The maximum atomic E-state index is 5.25. The number of piperazine rings is 1. The first-order chi connectivity index (χ1) is 10.9. The Kier molecular flexibility index (Phi) is 3.67. The molecule has 22 heavy (non-hydrogen) atoms. The molecule has 1 unspecified atom stereocenters. The van der Waals surface area contributed by atoms with Gasteiger partial charge in [-0.3, -0.25) is 0 Å². The Hall–Kier alpha value is -1.73. The van der Waals surface area contributed by atoms with E-state index in [0.29, 0.717) is 12.1 Å². The third-order valence-electron chi connectivity index (χ3n) is 4.56. The van der Waals surface area contributed by atoms with Crippen LogP contribution in [-0.4, -0.2) is 58.9 Å². The zero-order valence-corrected chi connectivity index (χ0v) is 12.9. The molecule has 118 valence electrons. The smallest absolute Gasteiger partial charge is 0.165 e. The molecule has 1 aliphatic heterocycles. The van der Waals surface area contributed by atoms with Gasteiger partial charge in [-0.1, -0.05) is 0 Å². The van der Waals surface area contributed by atoms with Crippen LogP contribution in [0.15, 0.2) is 12.7 Å². The fraction of sp³-hybridized carbons (Fsp3) is 0.667. The van der Waals surface area contributed by atoms with Crippen molar-refractivity contribution in [3.05, 3.63) is 12.7 Å². The van der Waals surface area contributed by atoms with Crippen LogP contribution in [-0.2, 0) is 4.74 Å². The summed E-state index contributed by atoms with van der Waals surface area (Å²) in [6, 6.07) is 0.970. The Bertz CT molecular complexity index is 653. The molecule has 1 atom stereocenters. The number of methoxy groups -OCH3 is 1. The Labute approximate surface area is 129 Å². The molecule has 0 radical (unpaired) electrons. The van der Waals surface area contributed by atoms with E-state index < -0.39 is 0 Å². The quantitative estimate of drug-likeness (QED) is 0.888. The summed E-state index contributed by atoms with van der Waals surface area (Å²) in [5, 5.41) is 3.46. The molecule has 0 spiro atoms. The third kappa shape index (κ3) is 2.44. The first-order valence-electron chi connectivity index (χ1n) is 8.02. The molecule has 2 aliphatic rings. The molecule has 1 aliphatic carbocycles. The van der Waals surface area contributed by atoms with Gasteiger partial charge in [-0.15, -0.1) is 0 Å². The second-order valence-corrected chi connectivity index (χ2v) is 6.09. The molecule has 0 amide bonds. The number of hydrogen-bond acceptors (Lipinski definition) is 6. The van der Waals surface area contributed by atoms with Crippen molar-refractivity contribution in [1.82, 2.24) is 24.8 Å². The summed E-state index contributed by atoms with van der Waals surface area (Å²) in [5.74, 6) is 0.965. The van der Waals surface area contributed by atoms with Crippen molar-refractivity contribution >= 4 is 17.0 Å². The fourth-order valence-electron chi connectivity index (χ4n) is 3.22. The van der Waals surface area contributed by atoms with Gasteiger partial charge in [0.1, 0.15) is 6.33 Å². The Morgan fingerprint density at radius 2 is 2.23 bits per heavy atom. The standard InChI is InChI=1S/C15H22N6O/c1-22-7-4-12-8-16-5-6-20(12)14-13-15(18-9-17-14)21(10-19-13)11-2-3-11/h9-12,16H,2-8H2,1H3. The Morgan fingerprint density at radius 1 is 1.32 bits per heavy atom. The van der Waals surface area contributed by atoms with Crippen LogP contribution in [0, 0.1) is 0 Å². The van der Waals surface area contributed by atoms with Crippen LogP contribution < -0.4 is 10.2 Å². The average molecular weight is 302 g/mol. The van der Waals surface area contributed by atoms with Crippen LogP contribution in [0.25, 0.3) is 11.2 Å². The molecule has 2 aromatic rings. The van der Waals surface area contributed by atoms with E-state index in [1.807, 2.05) is 6.33 Å². The summed E-state index contributed by atoms with van der Waals surface area (Å²) in [6.45, 7) is 3.63. The maximum absolute atomic E-state index is 5.25. The lowest BCUT2D eigenvalue weighted by atomic mass is 10.1. The lowest BCUT2D eigenvalue weighted by Gasteiger charge is -2.37. The predicted octanol–water partition coefficient (Wildman–Crippen LogP) is 0.976. The van der Waals surface area contributed by atoms with Gasteiger partial charge in [0, 0.05) is 45.4 Å². The normalized spacial score (nSPS) is 22.4. The summed E-state index contributed by atoms with van der Waals surface area (Å²) < 4.78 is 7.45. The highest BCUT2D eigenvalue weighted by molar-refractivity contribution is 5.83. The average Bonchev–Trinajstić information content (AvgIpc) is 3.32. The van der Waals surface area contributed by atoms with Crippen LogP contribution in [0.2, 0.25) is 0 Å². The molecule has 2 aromatic heterocycles. The number of nitrogens with one attached hydrogen (secondary N) is 1. The molecular formula is C15H22N6O. The van der Waals surface area contributed by atoms with E-state index in [-0.39, 0.29) is 0 Å². The van der Waals surface area contributed by atoms with Crippen LogP contribution >= 0.6 is 0 Å². The highest BCUT2D eigenvalue weighted by Gasteiger charge is 2.29. The van der Waals surface area contributed by atoms with Gasteiger partial charge in [-0.05, 0) is 19.3 Å². The van der Waals surface area contributed by atoms with Gasteiger partial charge in [-0.25, -0.2) is 15.0 Å². The van der Waals surface area contributed by atoms with Gasteiger partial charge in [0.05, 0.1) is 6.33 Å². The van der Waals surface area contributed by atoms with E-state index in [9.17, 15) is 0 Å². The van der Waals surface area contributed by atoms with Crippen molar-refractivity contribution in [1.29, 1.82) is 0 Å². The molecule has 7 nitrogen and oxygen atoms in total. The van der Waals surface area contributed by atoms with E-state index >= 15 is 0 Å². The molecule has 2 fully saturated rings. The van der Waals surface area contributed by atoms with E-state index in [4.69, 9.17) is 4.74 Å². The molecule has 1 N–H and O–H groups in total. The molecular weight excluding hydrogens is 280 g/mol. The number of nitrogens with zero attached hydrogens (tertiary/aromatic N) is 5. The minimum Gasteiger partial charge on any atom is -0.385 e. The van der Waals surface area contributed by atoms with Crippen molar-refractivity contribution in [2.45, 2.75) is 31.3 Å². The van der Waals surface area contributed by atoms with Crippen molar-refractivity contribution in [3.8, 4) is 0 Å². The Morgan fingerprint density at radius 3 is 3.05 bits per heavy atom. The molecule has 1 saturated carbocycles. The van der Waals surface area contributed by atoms with Crippen LogP contribution in [0.5, 0.6) is 0 Å². The van der Waals surface area contributed by atoms with Gasteiger partial charge in [0.2, 0.25) is 0 Å². The lowest BCUT2D eigenvalue weighted by Crippen LogP contribution is -2.52. The molecule has 0 bridgehead atoms. The highest BCUT2D eigenvalue weighted by Crippen LogP contribution is 2.37. The number of imidazole rings is 1. The number of rotatable bonds is 5. The zero-order valence-electron chi connectivity index (χ0n) is 12.9. The number of aromatic nitrogens is 4. The van der Waals surface area contributed by atoms with Crippen molar-refractivity contribution in [2.75, 3.05) is 38.3 Å². The van der Waals surface area contributed by atoms with Crippen molar-refractivity contribution in [2.24, 2.45) is 0 Å². The SMILES string of the molecule is COCCC1CNCCN1c1ncnc2c1ncn2C1CC1. The fourth-order valence-corrected chi connectivity index (χ4v) is 3.22. The van der Waals surface area contributed by atoms with Crippen molar-refractivity contribution < 1.29 is 4.74 Å². The predicted molar refractivity (Wildman–Crippen MR) is 84.1 cm³/mol. The second-order valence-electron chi connectivity index (χ2n) is 6.09. The van der Waals surface area contributed by atoms with Crippen LogP contribution in [0.4, 0.5) is 5.82 Å². The monoisotopic (exact) mass is 302 g/mol. The summed E-state index contributed by atoms with van der Waals surface area (Å²) in [6.07, 6.45) is 7.04. The van der Waals surface area contributed by atoms with Crippen molar-refractivity contribution in [3.63, 3.8) is 0 Å². The van der Waals surface area contributed by atoms with E-state index in [0.717, 1.165) is 49.6 Å². The van der Waals surface area contributed by atoms with Gasteiger partial charge in [0.25, 0.3) is 0 Å². The molecule has 7 heteroatoms. The van der Waals surface area contributed by atoms with Gasteiger partial charge in [-0.2, -0.15) is 0 Å². The summed E-state index contributed by atoms with van der Waals surface area (Å²) >= 11 is 0. The van der Waals surface area contributed by atoms with Gasteiger partial charge in [0.15, 0.2) is 17.0 Å². The van der Waals surface area contributed by atoms with E-state index in [1.54, 1.807) is 13.4 Å². The molecule has 0 aromatic carbocycles. The van der Waals surface area contributed by atoms with E-state index in [1.165, 1.54) is 12.8 Å². The highest BCUT2D eigenvalue weighted by atomic mass is 16.5. The van der Waals surface area contributed by atoms with Crippen LogP contribution in [0.3, 0.4) is 0 Å². The number of hydrogen-bond donors (Lipinski definition) is 1. The maximum Gasteiger partial charge on any atom is 0.165 e. The summed E-state index contributed by atoms with van der Waals surface area (Å²) in [5.41, 5.74) is 1.90. The molecule has 3 heterocycles. The summed E-state index contributed by atoms with van der Waals surface area (Å²) in [4.78, 5) is 16.0.